The first-order valence-corrected chi connectivity index (χ1v) is 7.93. The van der Waals surface area contributed by atoms with E-state index < -0.39 is 34.8 Å². The molecule has 114 valence electrons. The Morgan fingerprint density at radius 2 is 1.95 bits per heavy atom. The quantitative estimate of drug-likeness (QED) is 0.793. The van der Waals surface area contributed by atoms with Gasteiger partial charge in [0.2, 0.25) is 11.6 Å². The molecular formula is C16H15NO4S. The molecule has 1 aliphatic heterocycles. The number of carbonyl (C=O) groups is 2. The Morgan fingerprint density at radius 1 is 1.23 bits per heavy atom. The molecule has 3 rings (SSSR count). The fraction of sp³-hybridized carbons (Fsp3) is 0.250. The van der Waals surface area contributed by atoms with Crippen molar-refractivity contribution in [3.8, 4) is 0 Å². The number of Topliss-reactive ketones (excluding diaryl/α,β-unsaturated/α-hetero) is 1. The second-order valence-corrected chi connectivity index (χ2v) is 6.35. The van der Waals surface area contributed by atoms with E-state index in [1.165, 1.54) is 10.4 Å². The second-order valence-electron chi connectivity index (χ2n) is 5.25. The number of hydrogen-bond donors (Lipinski definition) is 0. The average Bonchev–Trinajstić information content (AvgIpc) is 2.87. The summed E-state index contributed by atoms with van der Waals surface area (Å²) in [6, 6.07) is 9.01. The van der Waals surface area contributed by atoms with E-state index in [9.17, 15) is 13.8 Å². The van der Waals surface area contributed by atoms with Crippen LogP contribution < -0.4 is 0 Å². The van der Waals surface area contributed by atoms with Crippen LogP contribution in [0.5, 0.6) is 0 Å². The van der Waals surface area contributed by atoms with Gasteiger partial charge in [-0.2, -0.15) is 0 Å². The van der Waals surface area contributed by atoms with E-state index in [1.807, 2.05) is 30.3 Å². The van der Waals surface area contributed by atoms with Gasteiger partial charge in [0.25, 0.3) is 11.3 Å². The van der Waals surface area contributed by atoms with Crippen LogP contribution in [0.25, 0.3) is 0 Å². The summed E-state index contributed by atoms with van der Waals surface area (Å²) in [4.78, 5) is 23.4. The van der Waals surface area contributed by atoms with E-state index in [-0.39, 0.29) is 6.61 Å². The van der Waals surface area contributed by atoms with Crippen molar-refractivity contribution in [2.45, 2.75) is 19.6 Å². The van der Waals surface area contributed by atoms with Crippen LogP contribution >= 0.6 is 0 Å². The summed E-state index contributed by atoms with van der Waals surface area (Å²) in [6.45, 7) is 1.97. The molecule has 22 heavy (non-hydrogen) atoms. The van der Waals surface area contributed by atoms with Gasteiger partial charge in [-0.3, -0.25) is 18.1 Å². The highest BCUT2D eigenvalue weighted by Crippen LogP contribution is 2.34. The standard InChI is InChI=1S/C16H15NO4S/c1-11-9-17(13-7-8-14(18)16(19)15(11)13)22(20)21-10-12-5-3-2-4-6-12/h2-9,13,15H,10H2,1H3. The molecule has 0 saturated carbocycles. The van der Waals surface area contributed by atoms with E-state index in [1.54, 1.807) is 19.2 Å². The number of rotatable bonds is 4. The molecule has 6 heteroatoms. The lowest BCUT2D eigenvalue weighted by atomic mass is 9.85. The molecule has 0 spiro atoms. The SMILES string of the molecule is CC1=CN(S(=O)OCc2ccccc2)C2C=CC(=O)C(=O)C12. The number of carbonyl (C=O) groups excluding carboxylic acids is 2. The molecule has 1 aromatic carbocycles. The molecule has 2 aliphatic rings. The number of allylic oxidation sites excluding steroid dienone is 1. The number of hydrogen-bond acceptors (Lipinski definition) is 4. The summed E-state index contributed by atoms with van der Waals surface area (Å²) in [5.74, 6) is -1.52. The Balaban J connectivity index is 1.72. The summed E-state index contributed by atoms with van der Waals surface area (Å²) >= 11 is -1.72. The van der Waals surface area contributed by atoms with Gasteiger partial charge in [-0.15, -0.1) is 0 Å². The van der Waals surface area contributed by atoms with Gasteiger partial charge in [0.15, 0.2) is 0 Å². The van der Waals surface area contributed by atoms with Crippen molar-refractivity contribution in [3.05, 3.63) is 59.8 Å². The molecule has 1 aliphatic carbocycles. The topological polar surface area (TPSA) is 63.7 Å². The normalized spacial score (nSPS) is 25.1. The molecule has 0 fully saturated rings. The first-order chi connectivity index (χ1) is 10.6. The van der Waals surface area contributed by atoms with Crippen molar-refractivity contribution in [2.24, 2.45) is 5.92 Å². The van der Waals surface area contributed by atoms with Crippen LogP contribution in [0.4, 0.5) is 0 Å². The van der Waals surface area contributed by atoms with E-state index in [2.05, 4.69) is 0 Å². The van der Waals surface area contributed by atoms with Crippen LogP contribution in [-0.2, 0) is 31.6 Å². The summed E-state index contributed by atoms with van der Waals surface area (Å²) in [5, 5.41) is 0. The number of nitrogens with zero attached hydrogens (tertiary/aromatic N) is 1. The molecule has 3 atom stereocenters. The largest absolute Gasteiger partial charge is 0.290 e. The minimum atomic E-state index is -1.72. The molecular weight excluding hydrogens is 302 g/mol. The lowest BCUT2D eigenvalue weighted by Gasteiger charge is -2.26. The van der Waals surface area contributed by atoms with E-state index in [4.69, 9.17) is 4.18 Å². The van der Waals surface area contributed by atoms with Crippen molar-refractivity contribution in [2.75, 3.05) is 0 Å². The maximum Gasteiger partial charge on any atom is 0.264 e. The highest BCUT2D eigenvalue weighted by molar-refractivity contribution is 7.77. The molecule has 0 saturated heterocycles. The highest BCUT2D eigenvalue weighted by atomic mass is 32.2. The maximum absolute atomic E-state index is 12.3. The van der Waals surface area contributed by atoms with Crippen LogP contribution in [0, 0.1) is 5.92 Å². The molecule has 0 aromatic heterocycles. The average molecular weight is 317 g/mol. The monoisotopic (exact) mass is 317 g/mol. The zero-order valence-electron chi connectivity index (χ0n) is 12.0. The number of fused-ring (bicyclic) bond motifs is 1. The predicted molar refractivity (Wildman–Crippen MR) is 81.4 cm³/mol. The molecule has 1 aromatic rings. The Labute approximate surface area is 131 Å². The van der Waals surface area contributed by atoms with Crippen molar-refractivity contribution < 1.29 is 18.0 Å². The van der Waals surface area contributed by atoms with Crippen LogP contribution in [0.3, 0.4) is 0 Å². The van der Waals surface area contributed by atoms with Gasteiger partial charge < -0.3 is 0 Å². The lowest BCUT2D eigenvalue weighted by Crippen LogP contribution is -2.41. The number of benzene rings is 1. The van der Waals surface area contributed by atoms with E-state index in [0.717, 1.165) is 11.1 Å². The number of ketones is 2. The predicted octanol–water partition coefficient (Wildman–Crippen LogP) is 1.69. The van der Waals surface area contributed by atoms with Crippen molar-refractivity contribution in [1.29, 1.82) is 0 Å². The van der Waals surface area contributed by atoms with Crippen LogP contribution in [0.1, 0.15) is 12.5 Å². The van der Waals surface area contributed by atoms with Crippen LogP contribution in [-0.4, -0.2) is 26.1 Å². The van der Waals surface area contributed by atoms with Gasteiger partial charge in [0, 0.05) is 6.20 Å². The molecule has 1 heterocycles. The summed E-state index contributed by atoms with van der Waals surface area (Å²) in [7, 11) is 0. The molecule has 3 unspecified atom stereocenters. The molecule has 0 bridgehead atoms. The minimum absolute atomic E-state index is 0.213. The van der Waals surface area contributed by atoms with Gasteiger partial charge in [0.05, 0.1) is 18.6 Å². The Kier molecular flexibility index (Phi) is 4.04. The second kappa shape index (κ2) is 5.98. The van der Waals surface area contributed by atoms with E-state index >= 15 is 0 Å². The first-order valence-electron chi connectivity index (χ1n) is 6.90. The molecule has 5 nitrogen and oxygen atoms in total. The Morgan fingerprint density at radius 3 is 2.68 bits per heavy atom. The smallest absolute Gasteiger partial charge is 0.264 e. The Bertz CT molecular complexity index is 695. The minimum Gasteiger partial charge on any atom is -0.290 e. The van der Waals surface area contributed by atoms with Crippen LogP contribution in [0.15, 0.2) is 54.3 Å². The molecule has 0 N–H and O–H groups in total. The molecule has 0 radical (unpaired) electrons. The van der Waals surface area contributed by atoms with Crippen molar-refractivity contribution in [1.82, 2.24) is 4.31 Å². The lowest BCUT2D eigenvalue weighted by molar-refractivity contribution is -0.136. The maximum atomic E-state index is 12.3. The third-order valence-corrected chi connectivity index (χ3v) is 4.78. The van der Waals surface area contributed by atoms with Gasteiger partial charge in [0.1, 0.15) is 0 Å². The third-order valence-electron chi connectivity index (χ3n) is 3.77. The fourth-order valence-electron chi connectivity index (χ4n) is 2.66. The molecule has 0 amide bonds. The summed E-state index contributed by atoms with van der Waals surface area (Å²) < 4.78 is 19.2. The van der Waals surface area contributed by atoms with Gasteiger partial charge >= 0.3 is 0 Å². The van der Waals surface area contributed by atoms with Gasteiger partial charge in [-0.25, -0.2) is 4.21 Å². The fourth-order valence-corrected chi connectivity index (χ4v) is 3.66. The Hall–Kier alpha value is -2.05. The van der Waals surface area contributed by atoms with Crippen molar-refractivity contribution >= 4 is 22.8 Å². The summed E-state index contributed by atoms with van der Waals surface area (Å²) in [5.41, 5.74) is 1.64. The summed E-state index contributed by atoms with van der Waals surface area (Å²) in [6.07, 6.45) is 4.50. The van der Waals surface area contributed by atoms with Gasteiger partial charge in [-0.05, 0) is 24.1 Å². The van der Waals surface area contributed by atoms with Crippen LogP contribution in [0.2, 0.25) is 0 Å². The first kappa shape index (κ1) is 14.9. The van der Waals surface area contributed by atoms with Crippen molar-refractivity contribution in [3.63, 3.8) is 0 Å². The zero-order chi connectivity index (χ0) is 15.7. The van der Waals surface area contributed by atoms with E-state index in [0.29, 0.717) is 0 Å². The zero-order valence-corrected chi connectivity index (χ0v) is 12.8. The van der Waals surface area contributed by atoms with Gasteiger partial charge in [-0.1, -0.05) is 36.4 Å². The highest BCUT2D eigenvalue weighted by Gasteiger charge is 2.43. The third kappa shape index (κ3) is 2.67.